The van der Waals surface area contributed by atoms with Crippen LogP contribution in [0.15, 0.2) is 152 Å². The SMILES string of the molecule is COc1ccc(C(OC[C@H]2O[C@@H](n3ccc4c(NC(=O)c5ccccc5)ncnc43)C[C@H]2OC(=O)c2ccc([N+](=O)[O-])cc2)(c2ccccc2)c2ccc(OC)cc2)cc1. The van der Waals surface area contributed by atoms with Crippen molar-refractivity contribution in [2.45, 2.75) is 30.5 Å². The third-order valence-corrected chi connectivity index (χ3v) is 10.5. The number of nitro benzene ring substituents is 1. The van der Waals surface area contributed by atoms with Crippen LogP contribution in [0.5, 0.6) is 11.5 Å². The summed E-state index contributed by atoms with van der Waals surface area (Å²) in [7, 11) is 3.21. The Morgan fingerprint density at radius 3 is 1.98 bits per heavy atom. The Hall–Kier alpha value is -7.42. The molecule has 14 nitrogen and oxygen atoms in total. The predicted molar refractivity (Wildman–Crippen MR) is 221 cm³/mol. The fourth-order valence-electron chi connectivity index (χ4n) is 7.42. The van der Waals surface area contributed by atoms with Crippen LogP contribution in [-0.4, -0.2) is 64.4 Å². The van der Waals surface area contributed by atoms with E-state index in [2.05, 4.69) is 15.3 Å². The summed E-state index contributed by atoms with van der Waals surface area (Å²) in [5.74, 6) is 0.640. The molecule has 0 radical (unpaired) electrons. The van der Waals surface area contributed by atoms with Crippen LogP contribution in [0.4, 0.5) is 11.5 Å². The first-order valence-corrected chi connectivity index (χ1v) is 19.0. The first-order valence-electron chi connectivity index (χ1n) is 19.0. The second kappa shape index (κ2) is 17.2. The topological polar surface area (TPSA) is 166 Å². The molecule has 1 aliphatic rings. The van der Waals surface area contributed by atoms with Crippen LogP contribution in [0, 0.1) is 10.1 Å². The first-order chi connectivity index (χ1) is 29.3. The van der Waals surface area contributed by atoms with Gasteiger partial charge in [-0.15, -0.1) is 0 Å². The van der Waals surface area contributed by atoms with E-state index < -0.39 is 34.9 Å². The molecule has 0 spiro atoms. The summed E-state index contributed by atoms with van der Waals surface area (Å²) in [6.45, 7) is -0.0613. The van der Waals surface area contributed by atoms with Gasteiger partial charge in [-0.3, -0.25) is 14.9 Å². The highest BCUT2D eigenvalue weighted by atomic mass is 16.6. The van der Waals surface area contributed by atoms with Crippen molar-refractivity contribution in [1.82, 2.24) is 14.5 Å². The number of hydrogen-bond acceptors (Lipinski definition) is 11. The number of anilines is 1. The fraction of sp³-hybridized carbons (Fsp3) is 0.174. The van der Waals surface area contributed by atoms with Gasteiger partial charge in [0.25, 0.3) is 11.6 Å². The number of fused-ring (bicyclic) bond motifs is 1. The smallest absolute Gasteiger partial charge is 0.338 e. The number of esters is 1. The number of nitro groups is 1. The number of amides is 1. The standard InChI is InChI=1S/C46H39N5O9/c1-56-36-21-15-33(16-22-36)46(32-11-7-4-8-12-32,34-17-23-37(57-2)24-18-34)58-28-40-39(60-45(53)31-13-19-35(20-14-31)51(54)55)27-41(59-40)50-26-25-38-42(47-29-48-43(38)50)49-44(52)30-9-5-3-6-10-30/h3-26,29,39-41H,27-28H2,1-2H3,(H,47,48,49,52)/t39-,40-,41-/m1/s1. The molecule has 0 aliphatic carbocycles. The molecule has 0 unspecified atom stereocenters. The van der Waals surface area contributed by atoms with E-state index in [1.165, 1.54) is 30.6 Å². The van der Waals surface area contributed by atoms with Gasteiger partial charge in [0.2, 0.25) is 0 Å². The summed E-state index contributed by atoms with van der Waals surface area (Å²) in [6.07, 6.45) is 0.951. The lowest BCUT2D eigenvalue weighted by molar-refractivity contribution is -0.384. The molecular formula is C46H39N5O9. The number of aromatic nitrogens is 3. The zero-order valence-electron chi connectivity index (χ0n) is 32.5. The molecule has 3 heterocycles. The number of non-ortho nitro benzene ring substituents is 1. The van der Waals surface area contributed by atoms with E-state index >= 15 is 0 Å². The van der Waals surface area contributed by atoms with Gasteiger partial charge in [-0.1, -0.05) is 72.8 Å². The average molecular weight is 806 g/mol. The van der Waals surface area contributed by atoms with Gasteiger partial charge in [0.15, 0.2) is 0 Å². The van der Waals surface area contributed by atoms with Crippen LogP contribution < -0.4 is 14.8 Å². The van der Waals surface area contributed by atoms with Gasteiger partial charge >= 0.3 is 5.97 Å². The maximum absolute atomic E-state index is 13.7. The van der Waals surface area contributed by atoms with Gasteiger partial charge < -0.3 is 33.6 Å². The summed E-state index contributed by atoms with van der Waals surface area (Å²) >= 11 is 0. The predicted octanol–water partition coefficient (Wildman–Crippen LogP) is 8.13. The highest BCUT2D eigenvalue weighted by Gasteiger charge is 2.44. The van der Waals surface area contributed by atoms with Crippen LogP contribution in [-0.2, 0) is 19.8 Å². The normalized spacial score (nSPS) is 16.3. The van der Waals surface area contributed by atoms with E-state index in [9.17, 15) is 19.7 Å². The lowest BCUT2D eigenvalue weighted by Crippen LogP contribution is -2.39. The lowest BCUT2D eigenvalue weighted by atomic mass is 9.80. The largest absolute Gasteiger partial charge is 0.497 e. The minimum atomic E-state index is -1.20. The van der Waals surface area contributed by atoms with E-state index in [0.29, 0.717) is 33.9 Å². The molecular weight excluding hydrogens is 767 g/mol. The highest BCUT2D eigenvalue weighted by molar-refractivity contribution is 6.07. The van der Waals surface area contributed by atoms with Crippen LogP contribution in [0.1, 0.15) is 50.1 Å². The minimum Gasteiger partial charge on any atom is -0.497 e. The van der Waals surface area contributed by atoms with E-state index in [0.717, 1.165) is 16.7 Å². The number of benzene rings is 5. The molecule has 1 saturated heterocycles. The Morgan fingerprint density at radius 2 is 1.38 bits per heavy atom. The summed E-state index contributed by atoms with van der Waals surface area (Å²) in [4.78, 5) is 46.5. The molecule has 1 fully saturated rings. The molecule has 14 heteroatoms. The molecule has 60 heavy (non-hydrogen) atoms. The quantitative estimate of drug-likeness (QED) is 0.0488. The highest BCUT2D eigenvalue weighted by Crippen LogP contribution is 2.43. The van der Waals surface area contributed by atoms with Gasteiger partial charge in [-0.25, -0.2) is 14.8 Å². The summed E-state index contributed by atoms with van der Waals surface area (Å²) in [5, 5.41) is 14.8. The van der Waals surface area contributed by atoms with Crippen molar-refractivity contribution in [1.29, 1.82) is 0 Å². The summed E-state index contributed by atoms with van der Waals surface area (Å²) < 4.78 is 32.9. The van der Waals surface area contributed by atoms with Gasteiger partial charge in [0.05, 0.1) is 36.7 Å². The number of hydrogen-bond donors (Lipinski definition) is 1. The van der Waals surface area contributed by atoms with Crippen LogP contribution in [0.3, 0.4) is 0 Å². The number of nitrogens with one attached hydrogen (secondary N) is 1. The third-order valence-electron chi connectivity index (χ3n) is 10.5. The summed E-state index contributed by atoms with van der Waals surface area (Å²) in [5.41, 5.74) is 2.16. The van der Waals surface area contributed by atoms with E-state index in [4.69, 9.17) is 23.7 Å². The summed E-state index contributed by atoms with van der Waals surface area (Å²) in [6, 6.07) is 40.8. The maximum atomic E-state index is 13.7. The van der Waals surface area contributed by atoms with Crippen molar-refractivity contribution < 1.29 is 38.2 Å². The molecule has 1 amide bonds. The Kier molecular flexibility index (Phi) is 11.3. The molecule has 5 aromatic carbocycles. The Morgan fingerprint density at radius 1 is 0.783 bits per heavy atom. The van der Waals surface area contributed by atoms with Crippen molar-refractivity contribution in [2.24, 2.45) is 0 Å². The van der Waals surface area contributed by atoms with Gasteiger partial charge in [-0.05, 0) is 71.3 Å². The van der Waals surface area contributed by atoms with Crippen LogP contribution in [0.25, 0.3) is 11.0 Å². The molecule has 1 aliphatic heterocycles. The molecule has 0 bridgehead atoms. The fourth-order valence-corrected chi connectivity index (χ4v) is 7.42. The maximum Gasteiger partial charge on any atom is 0.338 e. The van der Waals surface area contributed by atoms with Crippen molar-refractivity contribution in [3.8, 4) is 11.5 Å². The Bertz CT molecular complexity index is 2560. The Balaban J connectivity index is 1.16. The third kappa shape index (κ3) is 7.88. The van der Waals surface area contributed by atoms with E-state index in [1.807, 2.05) is 84.9 Å². The number of methoxy groups -OCH3 is 2. The molecule has 7 aromatic rings. The average Bonchev–Trinajstić information content (AvgIpc) is 3.92. The number of rotatable bonds is 14. The van der Waals surface area contributed by atoms with Gasteiger partial charge in [-0.2, -0.15) is 0 Å². The monoisotopic (exact) mass is 805 g/mol. The number of carbonyl (C=O) groups excluding carboxylic acids is 2. The molecule has 0 saturated carbocycles. The van der Waals surface area contributed by atoms with Gasteiger partial charge in [0.1, 0.15) is 53.3 Å². The molecule has 302 valence electrons. The van der Waals surface area contributed by atoms with Crippen LogP contribution in [0.2, 0.25) is 0 Å². The van der Waals surface area contributed by atoms with Crippen LogP contribution >= 0.6 is 0 Å². The molecule has 8 rings (SSSR count). The number of nitrogens with zero attached hydrogens (tertiary/aromatic N) is 4. The minimum absolute atomic E-state index is 0.0613. The second-order valence-corrected chi connectivity index (χ2v) is 13.9. The Labute approximate surface area is 344 Å². The van der Waals surface area contributed by atoms with E-state index in [1.54, 1.807) is 55.3 Å². The van der Waals surface area contributed by atoms with Crippen molar-refractivity contribution >= 4 is 34.4 Å². The molecule has 1 N–H and O–H groups in total. The molecule has 2 aromatic heterocycles. The first kappa shape index (κ1) is 39.4. The zero-order chi connectivity index (χ0) is 41.6. The van der Waals surface area contributed by atoms with Crippen molar-refractivity contribution in [2.75, 3.05) is 26.1 Å². The molecule has 3 atom stereocenters. The second-order valence-electron chi connectivity index (χ2n) is 13.9. The lowest BCUT2D eigenvalue weighted by Gasteiger charge is -2.37. The van der Waals surface area contributed by atoms with Crippen molar-refractivity contribution in [3.05, 3.63) is 190 Å². The number of carbonyl (C=O) groups is 2. The zero-order valence-corrected chi connectivity index (χ0v) is 32.5. The van der Waals surface area contributed by atoms with Crippen molar-refractivity contribution in [3.63, 3.8) is 0 Å². The van der Waals surface area contributed by atoms with Gasteiger partial charge in [0, 0.05) is 30.3 Å². The number of ether oxygens (including phenoxy) is 5. The van der Waals surface area contributed by atoms with E-state index in [-0.39, 0.29) is 30.2 Å².